The standard InChI is InChI=1S/C19H20N4O2S/c1-21(2)19(25)22-9-8-14-15(11-22)26-17-16(14)18(24)23(12-20-17)10-13-6-4-3-5-7-13/h3-7,12H,8-11H2,1-2H3. The molecular formula is C19H20N4O2S. The number of carbonyl (C=O) groups excluding carboxylic acids is 1. The van der Waals surface area contributed by atoms with Gasteiger partial charge in [-0.3, -0.25) is 9.36 Å². The Kier molecular flexibility index (Phi) is 4.24. The van der Waals surface area contributed by atoms with Gasteiger partial charge < -0.3 is 9.80 Å². The van der Waals surface area contributed by atoms with Crippen molar-refractivity contribution in [2.75, 3.05) is 20.6 Å². The molecule has 0 saturated carbocycles. The summed E-state index contributed by atoms with van der Waals surface area (Å²) < 4.78 is 1.67. The van der Waals surface area contributed by atoms with Crippen molar-refractivity contribution < 1.29 is 4.79 Å². The normalized spacial score (nSPS) is 13.7. The van der Waals surface area contributed by atoms with Crippen LogP contribution in [0, 0.1) is 0 Å². The number of thiophene rings is 1. The Hall–Kier alpha value is -2.67. The summed E-state index contributed by atoms with van der Waals surface area (Å²) in [6.07, 6.45) is 2.32. The van der Waals surface area contributed by atoms with Gasteiger partial charge in [0.25, 0.3) is 5.56 Å². The van der Waals surface area contributed by atoms with Crippen LogP contribution in [-0.2, 0) is 19.5 Å². The molecule has 0 fully saturated rings. The molecule has 2 amide bonds. The Morgan fingerprint density at radius 2 is 2.04 bits per heavy atom. The van der Waals surface area contributed by atoms with E-state index in [0.717, 1.165) is 26.2 Å². The third-order valence-corrected chi connectivity index (χ3v) is 5.80. The minimum atomic E-state index is 0.00236. The summed E-state index contributed by atoms with van der Waals surface area (Å²) in [6.45, 7) is 1.69. The van der Waals surface area contributed by atoms with Crippen LogP contribution >= 0.6 is 11.3 Å². The van der Waals surface area contributed by atoms with E-state index < -0.39 is 0 Å². The number of amides is 2. The van der Waals surface area contributed by atoms with Crippen molar-refractivity contribution in [3.8, 4) is 0 Å². The minimum Gasteiger partial charge on any atom is -0.331 e. The van der Waals surface area contributed by atoms with E-state index in [1.807, 2.05) is 35.2 Å². The number of aromatic nitrogens is 2. The predicted octanol–water partition coefficient (Wildman–Crippen LogP) is 2.55. The maximum atomic E-state index is 13.0. The average Bonchev–Trinajstić information content (AvgIpc) is 3.02. The van der Waals surface area contributed by atoms with Gasteiger partial charge in [-0.25, -0.2) is 9.78 Å². The first-order valence-corrected chi connectivity index (χ1v) is 9.36. The molecule has 2 aromatic heterocycles. The van der Waals surface area contributed by atoms with Crippen molar-refractivity contribution in [1.29, 1.82) is 0 Å². The summed E-state index contributed by atoms with van der Waals surface area (Å²) >= 11 is 1.52. The molecule has 0 unspecified atom stereocenters. The fraction of sp³-hybridized carbons (Fsp3) is 0.316. The summed E-state index contributed by atoms with van der Waals surface area (Å²) in [5, 5.41) is 0.723. The van der Waals surface area contributed by atoms with Crippen LogP contribution in [0.5, 0.6) is 0 Å². The molecule has 6 nitrogen and oxygen atoms in total. The molecule has 3 heterocycles. The van der Waals surface area contributed by atoms with Crippen LogP contribution < -0.4 is 5.56 Å². The Balaban J connectivity index is 1.71. The van der Waals surface area contributed by atoms with E-state index in [9.17, 15) is 9.59 Å². The maximum Gasteiger partial charge on any atom is 0.319 e. The van der Waals surface area contributed by atoms with Crippen LogP contribution in [0.4, 0.5) is 4.79 Å². The lowest BCUT2D eigenvalue weighted by Gasteiger charge is -2.29. The number of hydrogen-bond acceptors (Lipinski definition) is 4. The Morgan fingerprint density at radius 1 is 1.27 bits per heavy atom. The summed E-state index contributed by atoms with van der Waals surface area (Å²) in [4.78, 5) is 35.0. The highest BCUT2D eigenvalue weighted by atomic mass is 32.1. The van der Waals surface area contributed by atoms with Crippen molar-refractivity contribution in [3.63, 3.8) is 0 Å². The highest BCUT2D eigenvalue weighted by Crippen LogP contribution is 2.32. The van der Waals surface area contributed by atoms with E-state index in [0.29, 0.717) is 26.1 Å². The molecule has 1 aliphatic rings. The largest absolute Gasteiger partial charge is 0.331 e. The minimum absolute atomic E-state index is 0.00236. The third-order valence-electron chi connectivity index (χ3n) is 4.68. The van der Waals surface area contributed by atoms with E-state index in [1.165, 1.54) is 11.3 Å². The van der Waals surface area contributed by atoms with Gasteiger partial charge in [0.05, 0.1) is 24.8 Å². The number of carbonyl (C=O) groups is 1. The second-order valence-corrected chi connectivity index (χ2v) is 7.78. The van der Waals surface area contributed by atoms with Gasteiger partial charge in [0, 0.05) is 25.5 Å². The van der Waals surface area contributed by atoms with Crippen LogP contribution in [0.2, 0.25) is 0 Å². The number of nitrogens with zero attached hydrogens (tertiary/aromatic N) is 4. The first-order valence-electron chi connectivity index (χ1n) is 8.54. The quantitative estimate of drug-likeness (QED) is 0.698. The van der Waals surface area contributed by atoms with Gasteiger partial charge in [-0.05, 0) is 17.5 Å². The van der Waals surface area contributed by atoms with Gasteiger partial charge in [-0.1, -0.05) is 30.3 Å². The van der Waals surface area contributed by atoms with Crippen molar-refractivity contribution in [2.45, 2.75) is 19.5 Å². The van der Waals surface area contributed by atoms with Gasteiger partial charge in [0.2, 0.25) is 0 Å². The second-order valence-electron chi connectivity index (χ2n) is 6.70. The van der Waals surface area contributed by atoms with E-state index >= 15 is 0 Å². The molecule has 0 spiro atoms. The molecule has 1 aliphatic heterocycles. The van der Waals surface area contributed by atoms with Gasteiger partial charge in [-0.15, -0.1) is 11.3 Å². The highest BCUT2D eigenvalue weighted by Gasteiger charge is 2.27. The Morgan fingerprint density at radius 3 is 2.77 bits per heavy atom. The lowest BCUT2D eigenvalue weighted by molar-refractivity contribution is 0.166. The molecular weight excluding hydrogens is 348 g/mol. The summed E-state index contributed by atoms with van der Waals surface area (Å²) in [6, 6.07) is 9.91. The summed E-state index contributed by atoms with van der Waals surface area (Å²) in [5.74, 6) is 0. The third kappa shape index (κ3) is 2.88. The number of rotatable bonds is 2. The van der Waals surface area contributed by atoms with Crippen LogP contribution in [0.1, 0.15) is 16.0 Å². The lowest BCUT2D eigenvalue weighted by atomic mass is 10.1. The first kappa shape index (κ1) is 16.8. The number of fused-ring (bicyclic) bond motifs is 3. The first-order chi connectivity index (χ1) is 12.5. The summed E-state index contributed by atoms with van der Waals surface area (Å²) in [7, 11) is 3.51. The van der Waals surface area contributed by atoms with Gasteiger partial charge in [0.15, 0.2) is 0 Å². The molecule has 0 atom stereocenters. The van der Waals surface area contributed by atoms with Crippen molar-refractivity contribution in [2.24, 2.45) is 0 Å². The van der Waals surface area contributed by atoms with Crippen molar-refractivity contribution >= 4 is 27.6 Å². The smallest absolute Gasteiger partial charge is 0.319 e. The lowest BCUT2D eigenvalue weighted by Crippen LogP contribution is -2.41. The van der Waals surface area contributed by atoms with Gasteiger partial charge >= 0.3 is 6.03 Å². The SMILES string of the molecule is CN(C)C(=O)N1CCc2c(sc3ncn(Cc4ccccc4)c(=O)c23)C1. The Bertz CT molecular complexity index is 1020. The summed E-state index contributed by atoms with van der Waals surface area (Å²) in [5.41, 5.74) is 2.14. The van der Waals surface area contributed by atoms with E-state index in [2.05, 4.69) is 4.98 Å². The van der Waals surface area contributed by atoms with Crippen molar-refractivity contribution in [3.05, 3.63) is 63.0 Å². The predicted molar refractivity (Wildman–Crippen MR) is 103 cm³/mol. The number of benzene rings is 1. The molecule has 0 saturated heterocycles. The molecule has 26 heavy (non-hydrogen) atoms. The van der Waals surface area contributed by atoms with Crippen LogP contribution in [-0.4, -0.2) is 46.0 Å². The van der Waals surface area contributed by atoms with Crippen LogP contribution in [0.25, 0.3) is 10.2 Å². The number of urea groups is 1. The molecule has 1 aromatic carbocycles. The van der Waals surface area contributed by atoms with Gasteiger partial charge in [-0.2, -0.15) is 0 Å². The van der Waals surface area contributed by atoms with Crippen LogP contribution in [0.15, 0.2) is 41.5 Å². The zero-order valence-corrected chi connectivity index (χ0v) is 15.6. The van der Waals surface area contributed by atoms with Crippen LogP contribution in [0.3, 0.4) is 0 Å². The fourth-order valence-corrected chi connectivity index (χ4v) is 4.55. The molecule has 134 valence electrons. The monoisotopic (exact) mass is 368 g/mol. The second kappa shape index (κ2) is 6.57. The molecule has 0 radical (unpaired) electrons. The Labute approximate surface area is 155 Å². The van der Waals surface area contributed by atoms with E-state index in [4.69, 9.17) is 0 Å². The topological polar surface area (TPSA) is 58.4 Å². The average molecular weight is 368 g/mol. The number of hydrogen-bond donors (Lipinski definition) is 0. The highest BCUT2D eigenvalue weighted by molar-refractivity contribution is 7.18. The molecule has 0 bridgehead atoms. The van der Waals surface area contributed by atoms with Gasteiger partial charge in [0.1, 0.15) is 4.83 Å². The zero-order valence-electron chi connectivity index (χ0n) is 14.8. The van der Waals surface area contributed by atoms with E-state index in [1.54, 1.807) is 29.9 Å². The molecule has 0 aliphatic carbocycles. The van der Waals surface area contributed by atoms with Crippen molar-refractivity contribution in [1.82, 2.24) is 19.4 Å². The van der Waals surface area contributed by atoms with E-state index in [-0.39, 0.29) is 11.6 Å². The molecule has 3 aromatic rings. The maximum absolute atomic E-state index is 13.0. The zero-order chi connectivity index (χ0) is 18.3. The molecule has 7 heteroatoms. The molecule has 0 N–H and O–H groups in total. The fourth-order valence-electron chi connectivity index (χ4n) is 3.36. The molecule has 4 rings (SSSR count).